The van der Waals surface area contributed by atoms with Crippen molar-refractivity contribution in [3.05, 3.63) is 71.7 Å². The number of amides is 1. The number of rotatable bonds is 3. The van der Waals surface area contributed by atoms with E-state index >= 15 is 0 Å². The van der Waals surface area contributed by atoms with Crippen molar-refractivity contribution in [2.24, 2.45) is 0 Å². The molecule has 0 saturated carbocycles. The summed E-state index contributed by atoms with van der Waals surface area (Å²) in [5.74, 6) is -0.970. The second-order valence-corrected chi connectivity index (χ2v) is 8.30. The van der Waals surface area contributed by atoms with Gasteiger partial charge in [0, 0.05) is 24.0 Å². The molecule has 4 aromatic rings. The zero-order valence-electron chi connectivity index (χ0n) is 17.3. The topological polar surface area (TPSA) is 101 Å². The molecule has 5 rings (SSSR count). The Morgan fingerprint density at radius 1 is 1.23 bits per heavy atom. The summed E-state index contributed by atoms with van der Waals surface area (Å²) in [5, 5.41) is 9.55. The highest BCUT2D eigenvalue weighted by molar-refractivity contribution is 5.90. The number of benzene rings is 1. The fourth-order valence-electron chi connectivity index (χ4n) is 4.00. The van der Waals surface area contributed by atoms with Crippen LogP contribution in [0, 0.1) is 0 Å². The molecule has 158 valence electrons. The highest BCUT2D eigenvalue weighted by Gasteiger charge is 2.40. The molecule has 0 unspecified atom stereocenters. The maximum atomic E-state index is 14.2. The number of carbonyl (C=O) groups excluding carboxylic acids is 1. The molecule has 1 aliphatic heterocycles. The molecule has 9 heteroatoms. The van der Waals surface area contributed by atoms with Gasteiger partial charge >= 0.3 is 11.8 Å². The molecule has 0 radical (unpaired) electrons. The third-order valence-corrected chi connectivity index (χ3v) is 5.53. The summed E-state index contributed by atoms with van der Waals surface area (Å²) in [6.07, 6.45) is 3.41. The molecule has 8 nitrogen and oxygen atoms in total. The third-order valence-electron chi connectivity index (χ3n) is 5.53. The Bertz CT molecular complexity index is 1270. The first-order valence-electron chi connectivity index (χ1n) is 10.0. The Labute approximate surface area is 177 Å². The standard InChI is InChI=1S/C22H21FN6O2/c1-12-10-29(20(30)19-27-28-21(31-19)22(2,3)23)18(17-16(12)25-11-26-17)15-8-13-6-4-5-7-14(13)9-24-15/h4-9,11-12,18H,10H2,1-3H3,(H,25,26)/t12-,18-/m1/s1. The van der Waals surface area contributed by atoms with Gasteiger partial charge in [-0.3, -0.25) is 9.78 Å². The average molecular weight is 420 g/mol. The van der Waals surface area contributed by atoms with Crippen LogP contribution in [0.25, 0.3) is 10.8 Å². The van der Waals surface area contributed by atoms with Crippen LogP contribution < -0.4 is 0 Å². The maximum Gasteiger partial charge on any atom is 0.312 e. The minimum atomic E-state index is -1.84. The minimum Gasteiger partial charge on any atom is -0.413 e. The number of nitrogens with one attached hydrogen (secondary N) is 1. The van der Waals surface area contributed by atoms with Crippen LogP contribution in [-0.4, -0.2) is 42.5 Å². The second-order valence-electron chi connectivity index (χ2n) is 8.30. The van der Waals surface area contributed by atoms with Crippen LogP contribution in [0.4, 0.5) is 4.39 Å². The van der Waals surface area contributed by atoms with E-state index < -0.39 is 17.6 Å². The number of aromatic amines is 1. The third kappa shape index (κ3) is 3.26. The molecule has 1 N–H and O–H groups in total. The highest BCUT2D eigenvalue weighted by Crippen LogP contribution is 2.38. The Hall–Kier alpha value is -3.62. The Morgan fingerprint density at radius 2 is 2.00 bits per heavy atom. The first-order valence-corrected chi connectivity index (χ1v) is 10.0. The van der Waals surface area contributed by atoms with E-state index in [4.69, 9.17) is 4.42 Å². The number of hydrogen-bond donors (Lipinski definition) is 1. The molecule has 0 saturated heterocycles. The Balaban J connectivity index is 1.60. The summed E-state index contributed by atoms with van der Waals surface area (Å²) in [5.41, 5.74) is 0.534. The van der Waals surface area contributed by atoms with Crippen LogP contribution in [0.15, 0.2) is 47.3 Å². The van der Waals surface area contributed by atoms with Gasteiger partial charge in [0.15, 0.2) is 5.67 Å². The van der Waals surface area contributed by atoms with E-state index in [9.17, 15) is 9.18 Å². The molecule has 0 spiro atoms. The number of aromatic nitrogens is 5. The normalized spacial score (nSPS) is 18.9. The lowest BCUT2D eigenvalue weighted by molar-refractivity contribution is 0.0619. The van der Waals surface area contributed by atoms with Gasteiger partial charge in [-0.1, -0.05) is 31.2 Å². The number of H-pyrrole nitrogens is 1. The molecule has 0 aliphatic carbocycles. The molecule has 0 bridgehead atoms. The van der Waals surface area contributed by atoms with Crippen LogP contribution in [0.3, 0.4) is 0 Å². The van der Waals surface area contributed by atoms with E-state index in [1.165, 1.54) is 13.8 Å². The second kappa shape index (κ2) is 6.97. The number of imidazole rings is 1. The van der Waals surface area contributed by atoms with E-state index in [-0.39, 0.29) is 17.7 Å². The molecule has 3 aromatic heterocycles. The summed E-state index contributed by atoms with van der Waals surface area (Å²) in [4.78, 5) is 27.3. The highest BCUT2D eigenvalue weighted by atomic mass is 19.1. The summed E-state index contributed by atoms with van der Waals surface area (Å²) in [7, 11) is 0. The fourth-order valence-corrected chi connectivity index (χ4v) is 4.00. The van der Waals surface area contributed by atoms with Crippen LogP contribution >= 0.6 is 0 Å². The number of carbonyl (C=O) groups is 1. The van der Waals surface area contributed by atoms with Gasteiger partial charge in [-0.05, 0) is 25.3 Å². The van der Waals surface area contributed by atoms with Crippen molar-refractivity contribution >= 4 is 16.7 Å². The van der Waals surface area contributed by atoms with Crippen LogP contribution in [-0.2, 0) is 5.67 Å². The Morgan fingerprint density at radius 3 is 2.74 bits per heavy atom. The molecule has 2 atom stereocenters. The van der Waals surface area contributed by atoms with Gasteiger partial charge in [0.2, 0.25) is 0 Å². The van der Waals surface area contributed by atoms with Gasteiger partial charge < -0.3 is 14.3 Å². The van der Waals surface area contributed by atoms with Gasteiger partial charge in [0.05, 0.1) is 23.4 Å². The summed E-state index contributed by atoms with van der Waals surface area (Å²) in [6, 6.07) is 9.34. The summed E-state index contributed by atoms with van der Waals surface area (Å²) < 4.78 is 19.6. The van der Waals surface area contributed by atoms with Crippen LogP contribution in [0.1, 0.15) is 66.4 Å². The average Bonchev–Trinajstić information content (AvgIpc) is 3.43. The predicted octanol–water partition coefficient (Wildman–Crippen LogP) is 3.89. The minimum absolute atomic E-state index is 0.0121. The fraction of sp³-hybridized carbons (Fsp3) is 0.318. The monoisotopic (exact) mass is 420 g/mol. The van der Waals surface area contributed by atoms with Gasteiger partial charge in [0.25, 0.3) is 5.89 Å². The largest absolute Gasteiger partial charge is 0.413 e. The number of fused-ring (bicyclic) bond motifs is 2. The van der Waals surface area contributed by atoms with Gasteiger partial charge in [0.1, 0.15) is 6.04 Å². The van der Waals surface area contributed by atoms with E-state index in [2.05, 4.69) is 25.1 Å². The van der Waals surface area contributed by atoms with Crippen molar-refractivity contribution in [2.45, 2.75) is 38.4 Å². The zero-order valence-corrected chi connectivity index (χ0v) is 17.3. The zero-order chi connectivity index (χ0) is 21.8. The lowest BCUT2D eigenvalue weighted by Gasteiger charge is -2.36. The molecular weight excluding hydrogens is 399 g/mol. The van der Waals surface area contributed by atoms with E-state index in [0.717, 1.165) is 22.2 Å². The van der Waals surface area contributed by atoms with E-state index in [0.29, 0.717) is 12.2 Å². The van der Waals surface area contributed by atoms with Crippen molar-refractivity contribution in [3.8, 4) is 0 Å². The number of alkyl halides is 1. The SMILES string of the molecule is C[C@@H]1CN(C(=O)c2nnc(C(C)(C)F)o2)[C@H](c2cc3ccccc3cn2)c2[nH]cnc21. The lowest BCUT2D eigenvalue weighted by atomic mass is 9.92. The van der Waals surface area contributed by atoms with Crippen molar-refractivity contribution in [1.82, 2.24) is 30.0 Å². The molecular formula is C22H21FN6O2. The van der Waals surface area contributed by atoms with Gasteiger partial charge in [-0.25, -0.2) is 9.37 Å². The van der Waals surface area contributed by atoms with Crippen molar-refractivity contribution < 1.29 is 13.6 Å². The van der Waals surface area contributed by atoms with E-state index in [1.807, 2.05) is 37.3 Å². The summed E-state index contributed by atoms with van der Waals surface area (Å²) in [6.45, 7) is 4.98. The number of pyridine rings is 1. The molecule has 1 amide bonds. The summed E-state index contributed by atoms with van der Waals surface area (Å²) >= 11 is 0. The molecule has 31 heavy (non-hydrogen) atoms. The van der Waals surface area contributed by atoms with Gasteiger partial charge in [-0.2, -0.15) is 0 Å². The predicted molar refractivity (Wildman–Crippen MR) is 110 cm³/mol. The number of nitrogens with zero attached hydrogens (tertiary/aromatic N) is 5. The lowest BCUT2D eigenvalue weighted by Crippen LogP contribution is -2.42. The van der Waals surface area contributed by atoms with Gasteiger partial charge in [-0.15, -0.1) is 10.2 Å². The van der Waals surface area contributed by atoms with Crippen molar-refractivity contribution in [1.29, 1.82) is 0 Å². The first kappa shape index (κ1) is 19.3. The number of halogens is 1. The number of hydrogen-bond acceptors (Lipinski definition) is 6. The molecule has 1 aromatic carbocycles. The van der Waals surface area contributed by atoms with Crippen molar-refractivity contribution in [3.63, 3.8) is 0 Å². The molecule has 0 fully saturated rings. The Kier molecular flexibility index (Phi) is 4.35. The molecule has 1 aliphatic rings. The van der Waals surface area contributed by atoms with Crippen LogP contribution in [0.2, 0.25) is 0 Å². The van der Waals surface area contributed by atoms with E-state index in [1.54, 1.807) is 17.4 Å². The molecule has 4 heterocycles. The smallest absolute Gasteiger partial charge is 0.312 e. The van der Waals surface area contributed by atoms with Crippen molar-refractivity contribution in [2.75, 3.05) is 6.54 Å². The maximum absolute atomic E-state index is 14.2. The quantitative estimate of drug-likeness (QED) is 0.540. The van der Waals surface area contributed by atoms with Crippen LogP contribution in [0.5, 0.6) is 0 Å². The first-order chi connectivity index (χ1) is 14.8.